The van der Waals surface area contributed by atoms with E-state index in [4.69, 9.17) is 20.1 Å². The van der Waals surface area contributed by atoms with Gasteiger partial charge in [0.15, 0.2) is 11.6 Å². The van der Waals surface area contributed by atoms with Crippen molar-refractivity contribution in [2.75, 3.05) is 75.2 Å². The van der Waals surface area contributed by atoms with Gasteiger partial charge in [0, 0.05) is 176 Å². The molecule has 2 aliphatic carbocycles. The van der Waals surface area contributed by atoms with E-state index in [0.717, 1.165) is 149 Å². The lowest BCUT2D eigenvalue weighted by molar-refractivity contribution is -0.146. The Labute approximate surface area is 841 Å². The molecule has 143 heavy (non-hydrogen) atoms. The minimum absolute atomic E-state index is 0.00278. The maximum absolute atomic E-state index is 14.1. The number of benzene rings is 2. The van der Waals surface area contributed by atoms with Crippen molar-refractivity contribution in [1.29, 1.82) is 0 Å². The van der Waals surface area contributed by atoms with Crippen molar-refractivity contribution in [3.8, 4) is 20.9 Å². The molecule has 2 aromatic carbocycles. The number of β-amino-alcohol motifs (C(OH)–C–C–N with tert-alkyl or cyclic N) is 2. The Kier molecular flexibility index (Phi) is 35.4. The van der Waals surface area contributed by atoms with Crippen LogP contribution in [0.25, 0.3) is 42.9 Å². The molecule has 0 radical (unpaired) electrons. The van der Waals surface area contributed by atoms with Gasteiger partial charge in [0.25, 0.3) is 11.1 Å². The van der Waals surface area contributed by atoms with E-state index >= 15 is 0 Å². The number of aryl methyl sites for hydroxylation is 4. The predicted molar refractivity (Wildman–Crippen MR) is 549 cm³/mol. The third-order valence-corrected chi connectivity index (χ3v) is 30.3. The summed E-state index contributed by atoms with van der Waals surface area (Å²) in [7, 11) is 0. The average molecular weight is 1990 g/mol. The van der Waals surface area contributed by atoms with Gasteiger partial charge in [-0.25, -0.2) is 29.9 Å². The van der Waals surface area contributed by atoms with Crippen LogP contribution in [0.15, 0.2) is 118 Å². The van der Waals surface area contributed by atoms with E-state index in [1.165, 1.54) is 23.6 Å². The van der Waals surface area contributed by atoms with E-state index in [2.05, 4.69) is 62.1 Å². The van der Waals surface area contributed by atoms with Crippen LogP contribution in [-0.4, -0.2) is 234 Å². The number of carboxylic acid groups (broad SMARTS) is 1. The summed E-state index contributed by atoms with van der Waals surface area (Å²) in [4.78, 5) is 204. The highest BCUT2D eigenvalue weighted by Gasteiger charge is 2.47. The number of nitrogens with zero attached hydrogens (tertiary/aromatic N) is 15. The SMILES string of the molecule is CC(=O)c1c(C)c2cnc(Cc3ccc(N4CCN(C(=O)CCCCC(=O)N[C@H](C(=O)N5C[C@H](O)C[C@H]5C(=O)NCc5ccc(-c6scnc6C)cc5)C(C)(C)C)CC4)cn3)nc2n(C2CCCC2)c1=O.CC(=O)c1c(C)c2cnc(Cc3ccc(N4CCNCC4)cn3)nc2n(C2CCCC2)c1=O.Cc1ncsc1-c1ccc(CNC(=O)C2C[C@@H](O)CN2C(=O)[C@@H](CC(=O)CCCCC(=O)O)C(C)(C)C)cc1. The number of pyridine rings is 4. The van der Waals surface area contributed by atoms with Gasteiger partial charge in [-0.2, -0.15) is 0 Å². The third-order valence-electron chi connectivity index (χ3n) is 28.3. The lowest BCUT2D eigenvalue weighted by atomic mass is 9.76. The zero-order chi connectivity index (χ0) is 102. The second-order valence-electron chi connectivity index (χ2n) is 40.9. The number of piperazine rings is 2. The van der Waals surface area contributed by atoms with Gasteiger partial charge in [0.2, 0.25) is 35.4 Å². The van der Waals surface area contributed by atoms with Crippen molar-refractivity contribution in [1.82, 2.24) is 85.0 Å². The Morgan fingerprint density at radius 1 is 0.503 bits per heavy atom. The summed E-state index contributed by atoms with van der Waals surface area (Å²) in [6.45, 7) is 28.5. The monoisotopic (exact) mass is 1990 g/mol. The maximum atomic E-state index is 14.1. The number of hydrogen-bond donors (Lipinski definition) is 7. The Bertz CT molecular complexity index is 6380. The number of rotatable bonds is 33. The second kappa shape index (κ2) is 47.7. The van der Waals surface area contributed by atoms with Gasteiger partial charge >= 0.3 is 5.97 Å². The lowest BCUT2D eigenvalue weighted by Crippen LogP contribution is -2.57. The molecule has 4 saturated heterocycles. The molecule has 36 heteroatoms. The van der Waals surface area contributed by atoms with E-state index in [-0.39, 0.29) is 146 Å². The van der Waals surface area contributed by atoms with Crippen molar-refractivity contribution in [2.45, 2.75) is 273 Å². The van der Waals surface area contributed by atoms with Crippen LogP contribution in [0.2, 0.25) is 0 Å². The molecule has 6 amide bonds. The van der Waals surface area contributed by atoms with Crippen molar-refractivity contribution >= 4 is 115 Å². The molecule has 0 bridgehead atoms. The van der Waals surface area contributed by atoms with Gasteiger partial charge in [-0.05, 0) is 161 Å². The first-order valence-corrected chi connectivity index (χ1v) is 51.9. The Morgan fingerprint density at radius 2 is 0.937 bits per heavy atom. The highest BCUT2D eigenvalue weighted by molar-refractivity contribution is 7.13. The van der Waals surface area contributed by atoms with E-state index in [9.17, 15) is 67.7 Å². The number of carboxylic acids is 1. The third kappa shape index (κ3) is 26.5. The normalized spacial score (nSPS) is 17.8. The van der Waals surface area contributed by atoms with Crippen LogP contribution >= 0.6 is 22.7 Å². The summed E-state index contributed by atoms with van der Waals surface area (Å²) >= 11 is 3.15. The number of aliphatic carboxylic acids is 1. The number of ketones is 3. The molecule has 6 atom stereocenters. The molecule has 1 unspecified atom stereocenters. The predicted octanol–water partition coefficient (Wildman–Crippen LogP) is 12.6. The molecule has 6 fully saturated rings. The van der Waals surface area contributed by atoms with Crippen molar-refractivity contribution in [3.05, 3.63) is 197 Å². The number of aromatic nitrogens is 10. The standard InChI is InChI=1S/C53H66N10O7S.C29H39N3O6S.C25H30N6O2/c1-32-41-29-55-43(58-49(41)63(38-11-7-8-12-38)51(69)46(32)34(3)64)25-37-19-20-39(28-54-37)60-21-23-61(24-22-60)45(67)14-10-9-13-44(66)59-48(53(4,5)6)52(70)62-30-40(65)26-42(62)50(68)56-27-35-15-17-36(18-16-35)47-33(2)57-31-71-47;1-18-26(39-17-31-18)20-11-9-19(10-12-20)15-30-27(37)24-14-22(34)16-32(24)28(38)23(29(2,3)4)13-21(33)7-5-6-8-25(35)36;1-16-21-15-28-22(13-18-7-8-20(14-27-18)30-11-9-26-10-12-30)29-24(21)31(19-5-3-4-6-19)25(33)23(16)17(2)32/h15-20,28-29,31,38,40,42,48,65H,7-14,21-27,30H2,1-6H3,(H,56,68)(H,59,66);9-12,17,22-24,34H,5-8,13-16H2,1-4H3,(H,30,37)(H,35,36);7-8,14-15,19,26H,3-6,9-13H2,1-2H3/t40-,42+,48-;22-,23-,24?;/m11./s1. The minimum Gasteiger partial charge on any atom is -0.481 e. The Balaban J connectivity index is 0.000000189. The number of likely N-dealkylation sites (tertiary alicyclic amines) is 2. The molecule has 8 aromatic heterocycles. The first kappa shape index (κ1) is 106. The molecule has 0 spiro atoms. The number of hydrogen-bond acceptors (Lipinski definition) is 27. The van der Waals surface area contributed by atoms with Gasteiger partial charge in [0.05, 0.1) is 92.1 Å². The Morgan fingerprint density at radius 3 is 1.35 bits per heavy atom. The fraction of sp³-hybridized carbons (Fsp3) is 0.514. The quantitative estimate of drug-likeness (QED) is 0.0148. The summed E-state index contributed by atoms with van der Waals surface area (Å²) in [6, 6.07) is 21.3. The highest BCUT2D eigenvalue weighted by atomic mass is 32.1. The van der Waals surface area contributed by atoms with Crippen LogP contribution in [0.5, 0.6) is 0 Å². The summed E-state index contributed by atoms with van der Waals surface area (Å²) in [5.41, 5.74) is 14.4. The molecule has 10 aromatic rings. The van der Waals surface area contributed by atoms with Gasteiger partial charge in [-0.1, -0.05) is 116 Å². The number of carbonyl (C=O) groups excluding carboxylic acids is 9. The van der Waals surface area contributed by atoms with Crippen LogP contribution in [0.1, 0.15) is 267 Å². The first-order chi connectivity index (χ1) is 68.3. The van der Waals surface area contributed by atoms with Crippen LogP contribution in [0.3, 0.4) is 0 Å². The fourth-order valence-electron chi connectivity index (χ4n) is 20.2. The smallest absolute Gasteiger partial charge is 0.303 e. The number of thiazole rings is 2. The average Bonchev–Trinajstić information content (AvgIpc) is 1.74. The highest BCUT2D eigenvalue weighted by Crippen LogP contribution is 2.39. The molecule has 6 aliphatic rings. The van der Waals surface area contributed by atoms with Crippen LogP contribution in [0, 0.1) is 44.4 Å². The molecule has 12 heterocycles. The lowest BCUT2D eigenvalue weighted by Gasteiger charge is -2.36. The van der Waals surface area contributed by atoms with Gasteiger partial charge in [-0.3, -0.25) is 76.6 Å². The van der Waals surface area contributed by atoms with E-state index < -0.39 is 59.0 Å². The zero-order valence-electron chi connectivity index (χ0n) is 84.1. The largest absolute Gasteiger partial charge is 0.481 e. The molecular formula is C107H135N19O15S2. The van der Waals surface area contributed by atoms with Crippen LogP contribution in [-0.2, 0) is 64.3 Å². The van der Waals surface area contributed by atoms with Crippen molar-refractivity contribution in [3.63, 3.8) is 0 Å². The molecule has 16 rings (SSSR count). The summed E-state index contributed by atoms with van der Waals surface area (Å²) in [5.74, 6) is -2.67. The topological polar surface area (TPSA) is 443 Å². The fourth-order valence-corrected chi connectivity index (χ4v) is 21.8. The number of unbranched alkanes of at least 4 members (excludes halogenated alkanes) is 2. The van der Waals surface area contributed by atoms with Crippen molar-refractivity contribution in [2.24, 2.45) is 16.7 Å². The second-order valence-corrected chi connectivity index (χ2v) is 42.6. The molecule has 760 valence electrons. The van der Waals surface area contributed by atoms with Crippen molar-refractivity contribution < 1.29 is 63.3 Å². The number of amides is 6. The number of aliphatic hydroxyl groups is 2. The molecule has 2 saturated carbocycles. The van der Waals surface area contributed by atoms with Crippen LogP contribution in [0.4, 0.5) is 11.4 Å². The van der Waals surface area contributed by atoms with Crippen LogP contribution < -0.4 is 42.2 Å². The number of nitrogens with one attached hydrogen (secondary N) is 4. The van der Waals surface area contributed by atoms with E-state index in [1.807, 2.05) is 157 Å². The molecular weight excluding hydrogens is 1860 g/mol. The van der Waals surface area contributed by atoms with E-state index in [1.54, 1.807) is 51.1 Å². The number of anilines is 2. The number of fused-ring (bicyclic) bond motifs is 2. The number of carbonyl (C=O) groups is 10. The summed E-state index contributed by atoms with van der Waals surface area (Å²) in [6.07, 6.45) is 17.0. The van der Waals surface area contributed by atoms with Gasteiger partial charge in [0.1, 0.15) is 46.9 Å². The first-order valence-electron chi connectivity index (χ1n) is 50.1. The minimum atomic E-state index is -0.933. The molecule has 34 nitrogen and oxygen atoms in total. The van der Waals surface area contributed by atoms with Gasteiger partial charge < -0.3 is 61.1 Å². The maximum Gasteiger partial charge on any atom is 0.303 e. The number of aliphatic hydroxyl groups excluding tert-OH is 2. The van der Waals surface area contributed by atoms with E-state index in [0.29, 0.717) is 111 Å². The Hall–Kier alpha value is -12.6. The zero-order valence-corrected chi connectivity index (χ0v) is 85.7. The summed E-state index contributed by atoms with van der Waals surface area (Å²) in [5, 5.41) is 43.4. The molecule has 7 N–H and O–H groups in total. The van der Waals surface area contributed by atoms with Gasteiger partial charge in [-0.15, -0.1) is 22.7 Å². The summed E-state index contributed by atoms with van der Waals surface area (Å²) < 4.78 is 3.49. The number of Topliss-reactive ketones (excluding diaryl/α,β-unsaturated/α-hetero) is 3. The molecule has 4 aliphatic heterocycles.